The van der Waals surface area contributed by atoms with Gasteiger partial charge in [0.05, 0.1) is 5.75 Å². The molecule has 0 spiro atoms. The van der Waals surface area contributed by atoms with Crippen LogP contribution in [0.3, 0.4) is 0 Å². The van der Waals surface area contributed by atoms with E-state index in [1.54, 1.807) is 0 Å². The first-order valence-corrected chi connectivity index (χ1v) is 5.48. The Morgan fingerprint density at radius 1 is 1.46 bits per heavy atom. The maximum absolute atomic E-state index is 10.9. The molecule has 0 aliphatic carbocycles. The van der Waals surface area contributed by atoms with Gasteiger partial charge in [-0.3, -0.25) is 4.79 Å². The maximum Gasteiger partial charge on any atom is 0.220 e. The second-order valence-electron chi connectivity index (χ2n) is 2.62. The normalized spacial score (nSPS) is 12.5. The molecular weight excluding hydrogens is 192 g/mol. The Morgan fingerprint density at radius 3 is 2.69 bits per heavy atom. The average Bonchev–Trinajstić information content (AvgIpc) is 2.08. The Hall–Kier alpha value is -0.460. The highest BCUT2D eigenvalue weighted by Gasteiger charge is 1.99. The molecule has 4 N–H and O–H groups in total. The minimum atomic E-state index is -1.76. The SMILES string of the molecule is NCCCC(=O)NCCCS(=O)O. The zero-order valence-electron chi connectivity index (χ0n) is 7.49. The van der Waals surface area contributed by atoms with E-state index in [9.17, 15) is 9.00 Å². The van der Waals surface area contributed by atoms with Gasteiger partial charge in [-0.25, -0.2) is 4.21 Å². The van der Waals surface area contributed by atoms with Crippen molar-refractivity contribution in [2.24, 2.45) is 5.73 Å². The van der Waals surface area contributed by atoms with Crippen molar-refractivity contribution in [1.82, 2.24) is 5.32 Å². The van der Waals surface area contributed by atoms with Crippen LogP contribution in [0.25, 0.3) is 0 Å². The molecule has 0 aromatic carbocycles. The number of amides is 1. The van der Waals surface area contributed by atoms with E-state index in [4.69, 9.17) is 10.3 Å². The lowest BCUT2D eigenvalue weighted by Crippen LogP contribution is -2.25. The van der Waals surface area contributed by atoms with Gasteiger partial charge >= 0.3 is 0 Å². The second kappa shape index (κ2) is 8.15. The van der Waals surface area contributed by atoms with Crippen LogP contribution in [-0.4, -0.2) is 33.5 Å². The molecule has 1 atom stereocenters. The van der Waals surface area contributed by atoms with Crippen molar-refractivity contribution in [2.45, 2.75) is 19.3 Å². The molecule has 5 nitrogen and oxygen atoms in total. The number of hydrogen-bond acceptors (Lipinski definition) is 3. The van der Waals surface area contributed by atoms with Crippen LogP contribution < -0.4 is 11.1 Å². The van der Waals surface area contributed by atoms with E-state index in [0.29, 0.717) is 32.4 Å². The molecule has 78 valence electrons. The van der Waals surface area contributed by atoms with E-state index in [-0.39, 0.29) is 11.7 Å². The summed E-state index contributed by atoms with van der Waals surface area (Å²) >= 11 is -1.76. The number of carbonyl (C=O) groups excluding carboxylic acids is 1. The Kier molecular flexibility index (Phi) is 7.86. The number of hydrogen-bond donors (Lipinski definition) is 3. The second-order valence-corrected chi connectivity index (χ2v) is 3.67. The smallest absolute Gasteiger partial charge is 0.220 e. The van der Waals surface area contributed by atoms with Gasteiger partial charge in [-0.1, -0.05) is 0 Å². The summed E-state index contributed by atoms with van der Waals surface area (Å²) in [6, 6.07) is 0. The van der Waals surface area contributed by atoms with Gasteiger partial charge in [0, 0.05) is 13.0 Å². The van der Waals surface area contributed by atoms with Crippen LogP contribution in [0.4, 0.5) is 0 Å². The topological polar surface area (TPSA) is 92.4 Å². The first-order chi connectivity index (χ1) is 6.16. The average molecular weight is 208 g/mol. The lowest BCUT2D eigenvalue weighted by atomic mass is 10.3. The molecule has 0 aliphatic rings. The standard InChI is InChI=1S/C7H16N2O3S/c8-4-1-3-7(10)9-5-2-6-13(11)12/h1-6,8H2,(H,9,10)(H,11,12). The fourth-order valence-corrected chi connectivity index (χ4v) is 1.17. The van der Waals surface area contributed by atoms with Crippen molar-refractivity contribution in [2.75, 3.05) is 18.8 Å². The Balaban J connectivity index is 3.22. The third kappa shape index (κ3) is 9.45. The van der Waals surface area contributed by atoms with E-state index in [0.717, 1.165) is 0 Å². The number of rotatable bonds is 7. The summed E-state index contributed by atoms with van der Waals surface area (Å²) in [6.07, 6.45) is 1.63. The van der Waals surface area contributed by atoms with Crippen LogP contribution >= 0.6 is 0 Å². The van der Waals surface area contributed by atoms with E-state index in [1.165, 1.54) is 0 Å². The van der Waals surface area contributed by atoms with Crippen molar-refractivity contribution in [3.63, 3.8) is 0 Å². The van der Waals surface area contributed by atoms with Gasteiger partial charge in [-0.05, 0) is 19.4 Å². The van der Waals surface area contributed by atoms with Gasteiger partial charge < -0.3 is 15.6 Å². The molecule has 13 heavy (non-hydrogen) atoms. The Bertz CT molecular complexity index is 175. The lowest BCUT2D eigenvalue weighted by molar-refractivity contribution is -0.121. The molecule has 0 saturated heterocycles. The van der Waals surface area contributed by atoms with Gasteiger partial charge in [-0.15, -0.1) is 0 Å². The third-order valence-electron chi connectivity index (χ3n) is 1.43. The van der Waals surface area contributed by atoms with E-state index < -0.39 is 11.1 Å². The highest BCUT2D eigenvalue weighted by molar-refractivity contribution is 7.79. The number of nitrogens with one attached hydrogen (secondary N) is 1. The van der Waals surface area contributed by atoms with Gasteiger partial charge in [0.2, 0.25) is 5.91 Å². The number of carbonyl (C=O) groups is 1. The molecule has 0 aromatic heterocycles. The van der Waals surface area contributed by atoms with Crippen LogP contribution in [0.5, 0.6) is 0 Å². The molecule has 1 amide bonds. The monoisotopic (exact) mass is 208 g/mol. The number of nitrogens with two attached hydrogens (primary N) is 1. The minimum Gasteiger partial charge on any atom is -0.356 e. The Labute approximate surface area is 80.4 Å². The van der Waals surface area contributed by atoms with Crippen LogP contribution in [-0.2, 0) is 15.9 Å². The maximum atomic E-state index is 10.9. The lowest BCUT2D eigenvalue weighted by Gasteiger charge is -2.02. The van der Waals surface area contributed by atoms with Crippen molar-refractivity contribution >= 4 is 17.0 Å². The van der Waals surface area contributed by atoms with Crippen LogP contribution in [0.2, 0.25) is 0 Å². The quantitative estimate of drug-likeness (QED) is 0.387. The van der Waals surface area contributed by atoms with Crippen LogP contribution in [0.15, 0.2) is 0 Å². The summed E-state index contributed by atoms with van der Waals surface area (Å²) < 4.78 is 18.6. The summed E-state index contributed by atoms with van der Waals surface area (Å²) in [5, 5.41) is 2.63. The summed E-state index contributed by atoms with van der Waals surface area (Å²) in [4.78, 5) is 10.9. The molecular formula is C7H16N2O3S. The molecule has 0 bridgehead atoms. The van der Waals surface area contributed by atoms with Crippen molar-refractivity contribution in [1.29, 1.82) is 0 Å². The minimum absolute atomic E-state index is 0.0471. The third-order valence-corrected chi connectivity index (χ3v) is 2.06. The van der Waals surface area contributed by atoms with Crippen molar-refractivity contribution in [3.05, 3.63) is 0 Å². The summed E-state index contributed by atoms with van der Waals surface area (Å²) in [5.74, 6) is 0.158. The molecule has 0 fully saturated rings. The summed E-state index contributed by atoms with van der Waals surface area (Å²) in [5.41, 5.74) is 5.22. The summed E-state index contributed by atoms with van der Waals surface area (Å²) in [7, 11) is 0. The fourth-order valence-electron chi connectivity index (χ4n) is 0.774. The zero-order chi connectivity index (χ0) is 10.1. The van der Waals surface area contributed by atoms with E-state index in [2.05, 4.69) is 5.32 Å². The summed E-state index contributed by atoms with van der Waals surface area (Å²) in [6.45, 7) is 0.962. The van der Waals surface area contributed by atoms with Crippen molar-refractivity contribution in [3.8, 4) is 0 Å². The van der Waals surface area contributed by atoms with Crippen LogP contribution in [0, 0.1) is 0 Å². The first-order valence-electron chi connectivity index (χ1n) is 4.21. The molecule has 1 unspecified atom stereocenters. The van der Waals surface area contributed by atoms with E-state index >= 15 is 0 Å². The predicted molar refractivity (Wildman–Crippen MR) is 51.6 cm³/mol. The van der Waals surface area contributed by atoms with Gasteiger partial charge in [0.1, 0.15) is 0 Å². The molecule has 0 heterocycles. The van der Waals surface area contributed by atoms with Gasteiger partial charge in [0.15, 0.2) is 11.1 Å². The predicted octanol–water partition coefficient (Wildman–Crippen LogP) is -0.547. The molecule has 0 rings (SSSR count). The van der Waals surface area contributed by atoms with Crippen molar-refractivity contribution < 1.29 is 13.6 Å². The highest BCUT2D eigenvalue weighted by Crippen LogP contribution is 1.86. The van der Waals surface area contributed by atoms with Crippen LogP contribution in [0.1, 0.15) is 19.3 Å². The molecule has 0 aromatic rings. The molecule has 0 radical (unpaired) electrons. The molecule has 0 saturated carbocycles. The molecule has 6 heteroatoms. The largest absolute Gasteiger partial charge is 0.356 e. The Morgan fingerprint density at radius 2 is 2.15 bits per heavy atom. The van der Waals surface area contributed by atoms with E-state index in [1.807, 2.05) is 0 Å². The zero-order valence-corrected chi connectivity index (χ0v) is 8.31. The first kappa shape index (κ1) is 12.5. The molecule has 0 aliphatic heterocycles. The fraction of sp³-hybridized carbons (Fsp3) is 0.857. The highest BCUT2D eigenvalue weighted by atomic mass is 32.2. The van der Waals surface area contributed by atoms with Gasteiger partial charge in [0.25, 0.3) is 0 Å². The van der Waals surface area contributed by atoms with Gasteiger partial charge in [-0.2, -0.15) is 0 Å².